The van der Waals surface area contributed by atoms with Gasteiger partial charge in [-0.05, 0) is 74.0 Å². The second kappa shape index (κ2) is 9.79. The van der Waals surface area contributed by atoms with Gasteiger partial charge in [-0.15, -0.1) is 0 Å². The highest BCUT2D eigenvalue weighted by Crippen LogP contribution is 2.30. The molecule has 7 heteroatoms. The molecule has 0 aromatic heterocycles. The van der Waals surface area contributed by atoms with Crippen LogP contribution in [0.4, 0.5) is 5.69 Å². The number of hydrogen-bond acceptors (Lipinski definition) is 5. The first-order chi connectivity index (χ1) is 16.4. The summed E-state index contributed by atoms with van der Waals surface area (Å²) in [5, 5.41) is 0. The van der Waals surface area contributed by atoms with Crippen molar-refractivity contribution in [2.24, 2.45) is 0 Å². The number of fused-ring (bicyclic) bond motifs is 1. The van der Waals surface area contributed by atoms with Crippen molar-refractivity contribution in [3.05, 3.63) is 89.0 Å². The number of carbonyl (C=O) groups excluding carboxylic acids is 3. The highest BCUT2D eigenvalue weighted by molar-refractivity contribution is 6.34. The molecule has 1 aliphatic heterocycles. The van der Waals surface area contributed by atoms with E-state index in [-0.39, 0.29) is 17.0 Å². The Morgan fingerprint density at radius 1 is 0.882 bits per heavy atom. The highest BCUT2D eigenvalue weighted by Gasteiger charge is 2.37. The quantitative estimate of drug-likeness (QED) is 0.469. The Balaban J connectivity index is 1.45. The number of imide groups is 1. The van der Waals surface area contributed by atoms with Crippen molar-refractivity contribution in [3.63, 3.8) is 0 Å². The maximum Gasteiger partial charge on any atom is 0.266 e. The van der Waals surface area contributed by atoms with Crippen LogP contribution in [0.5, 0.6) is 11.5 Å². The van der Waals surface area contributed by atoms with E-state index < -0.39 is 11.8 Å². The fraction of sp³-hybridized carbons (Fsp3) is 0.222. The molecule has 0 atom stereocenters. The van der Waals surface area contributed by atoms with Gasteiger partial charge in [-0.3, -0.25) is 14.4 Å². The zero-order chi connectivity index (χ0) is 24.2. The largest absolute Gasteiger partial charge is 0.494 e. The van der Waals surface area contributed by atoms with E-state index in [1.54, 1.807) is 37.4 Å². The van der Waals surface area contributed by atoms with Crippen LogP contribution in [0, 0.1) is 6.92 Å². The van der Waals surface area contributed by atoms with Crippen molar-refractivity contribution in [3.8, 4) is 11.5 Å². The van der Waals surface area contributed by atoms with Gasteiger partial charge in [-0.25, -0.2) is 4.90 Å². The molecule has 0 N–H and O–H groups in total. The van der Waals surface area contributed by atoms with Gasteiger partial charge in [0, 0.05) is 12.6 Å². The summed E-state index contributed by atoms with van der Waals surface area (Å²) in [6.07, 6.45) is 0. The molecule has 0 fully saturated rings. The molecular weight excluding hydrogens is 432 g/mol. The summed E-state index contributed by atoms with van der Waals surface area (Å²) in [5.74, 6) is 0.282. The summed E-state index contributed by atoms with van der Waals surface area (Å²) in [4.78, 5) is 41.5. The third kappa shape index (κ3) is 4.64. The average Bonchev–Trinajstić information content (AvgIpc) is 3.08. The monoisotopic (exact) mass is 458 g/mol. The van der Waals surface area contributed by atoms with E-state index in [4.69, 9.17) is 9.47 Å². The topological polar surface area (TPSA) is 76.2 Å². The fourth-order valence-corrected chi connectivity index (χ4v) is 3.79. The first-order valence-corrected chi connectivity index (χ1v) is 11.1. The van der Waals surface area contributed by atoms with E-state index in [0.717, 1.165) is 16.2 Å². The Morgan fingerprint density at radius 3 is 2.32 bits per heavy atom. The van der Waals surface area contributed by atoms with Crippen LogP contribution in [0.1, 0.15) is 43.6 Å². The Kier molecular flexibility index (Phi) is 6.63. The first-order valence-electron chi connectivity index (χ1n) is 11.1. The van der Waals surface area contributed by atoms with Crippen LogP contribution >= 0.6 is 0 Å². The molecule has 0 bridgehead atoms. The molecule has 3 aromatic rings. The molecule has 0 spiro atoms. The number of rotatable bonds is 8. The molecule has 174 valence electrons. The van der Waals surface area contributed by atoms with Crippen molar-refractivity contribution in [1.82, 2.24) is 4.90 Å². The Bertz CT molecular complexity index is 1240. The van der Waals surface area contributed by atoms with Crippen LogP contribution in [0.3, 0.4) is 0 Å². The third-order valence-electron chi connectivity index (χ3n) is 5.57. The zero-order valence-electron chi connectivity index (χ0n) is 19.4. The summed E-state index contributed by atoms with van der Waals surface area (Å²) in [5.41, 5.74) is 2.38. The number of benzene rings is 3. The van der Waals surface area contributed by atoms with Gasteiger partial charge in [0.1, 0.15) is 18.1 Å². The van der Waals surface area contributed by atoms with Gasteiger partial charge in [-0.2, -0.15) is 0 Å². The number of hydrogen-bond donors (Lipinski definition) is 0. The number of likely N-dealkylation sites (N-methyl/N-ethyl adjacent to an activating group) is 1. The number of carbonyl (C=O) groups is 3. The fourth-order valence-electron chi connectivity index (χ4n) is 3.79. The second-order valence-electron chi connectivity index (χ2n) is 8.02. The third-order valence-corrected chi connectivity index (χ3v) is 5.57. The Morgan fingerprint density at radius 2 is 1.62 bits per heavy atom. The minimum atomic E-state index is -0.454. The first kappa shape index (κ1) is 23.0. The normalized spacial score (nSPS) is 12.5. The molecule has 3 amide bonds. The van der Waals surface area contributed by atoms with E-state index in [2.05, 4.69) is 0 Å². The Hall–Kier alpha value is -4.13. The molecule has 0 saturated heterocycles. The van der Waals surface area contributed by atoms with Gasteiger partial charge in [0.15, 0.2) is 0 Å². The van der Waals surface area contributed by atoms with Crippen molar-refractivity contribution in [2.45, 2.75) is 13.8 Å². The lowest BCUT2D eigenvalue weighted by molar-refractivity contribution is 0.0773. The van der Waals surface area contributed by atoms with E-state index in [1.807, 2.05) is 38.1 Å². The average molecular weight is 459 g/mol. The van der Waals surface area contributed by atoms with Crippen LogP contribution in [-0.2, 0) is 0 Å². The number of aryl methyl sites for hydroxylation is 1. The zero-order valence-corrected chi connectivity index (χ0v) is 19.4. The maximum absolute atomic E-state index is 13.0. The summed E-state index contributed by atoms with van der Waals surface area (Å²) in [6, 6.07) is 19.1. The number of ether oxygens (including phenoxy) is 2. The molecule has 0 aliphatic carbocycles. The predicted octanol–water partition coefficient (Wildman–Crippen LogP) is 4.35. The molecule has 4 rings (SSSR count). The highest BCUT2D eigenvalue weighted by atomic mass is 16.5. The number of amides is 3. The molecule has 1 aliphatic rings. The number of anilines is 1. The summed E-state index contributed by atoms with van der Waals surface area (Å²) in [7, 11) is 1.67. The summed E-state index contributed by atoms with van der Waals surface area (Å²) in [6.45, 7) is 5.09. The SMILES string of the molecule is CCOc1ccc(N2C(=O)c3ccc(C(=O)N(C)CCOc4cccc(C)c4)cc3C2=O)cc1. The lowest BCUT2D eigenvalue weighted by atomic mass is 10.1. The lowest BCUT2D eigenvalue weighted by Crippen LogP contribution is -2.31. The van der Waals surface area contributed by atoms with Crippen molar-refractivity contribution in [2.75, 3.05) is 31.7 Å². The van der Waals surface area contributed by atoms with E-state index in [9.17, 15) is 14.4 Å². The van der Waals surface area contributed by atoms with E-state index in [1.165, 1.54) is 17.0 Å². The lowest BCUT2D eigenvalue weighted by Gasteiger charge is -2.18. The molecule has 1 heterocycles. The minimum absolute atomic E-state index is 0.217. The molecule has 3 aromatic carbocycles. The van der Waals surface area contributed by atoms with Gasteiger partial charge in [0.25, 0.3) is 17.7 Å². The van der Waals surface area contributed by atoms with Gasteiger partial charge >= 0.3 is 0 Å². The van der Waals surface area contributed by atoms with Gasteiger partial charge < -0.3 is 14.4 Å². The van der Waals surface area contributed by atoms with Crippen LogP contribution < -0.4 is 14.4 Å². The molecule has 0 unspecified atom stereocenters. The molecule has 0 saturated carbocycles. The van der Waals surface area contributed by atoms with Crippen molar-refractivity contribution in [1.29, 1.82) is 0 Å². The molecule has 7 nitrogen and oxygen atoms in total. The minimum Gasteiger partial charge on any atom is -0.494 e. The van der Waals surface area contributed by atoms with Crippen molar-refractivity contribution >= 4 is 23.4 Å². The van der Waals surface area contributed by atoms with Crippen LogP contribution in [0.2, 0.25) is 0 Å². The van der Waals surface area contributed by atoms with Crippen LogP contribution in [-0.4, -0.2) is 49.4 Å². The standard InChI is InChI=1S/C27H26N2O5/c1-4-33-21-11-9-20(10-12-21)29-26(31)23-13-8-19(17-24(23)27(29)32)25(30)28(3)14-15-34-22-7-5-6-18(2)16-22/h5-13,16-17H,4,14-15H2,1-3H3. The van der Waals surface area contributed by atoms with E-state index in [0.29, 0.717) is 36.8 Å². The van der Waals surface area contributed by atoms with Gasteiger partial charge in [0.05, 0.1) is 30.0 Å². The van der Waals surface area contributed by atoms with Gasteiger partial charge in [0.2, 0.25) is 0 Å². The smallest absolute Gasteiger partial charge is 0.266 e. The second-order valence-corrected chi connectivity index (χ2v) is 8.02. The number of nitrogens with zero attached hydrogens (tertiary/aromatic N) is 2. The maximum atomic E-state index is 13.0. The molecule has 34 heavy (non-hydrogen) atoms. The van der Waals surface area contributed by atoms with Crippen LogP contribution in [0.25, 0.3) is 0 Å². The predicted molar refractivity (Wildman–Crippen MR) is 129 cm³/mol. The summed E-state index contributed by atoms with van der Waals surface area (Å²) >= 11 is 0. The van der Waals surface area contributed by atoms with Crippen LogP contribution in [0.15, 0.2) is 66.7 Å². The Labute approximate surface area is 198 Å². The van der Waals surface area contributed by atoms with E-state index >= 15 is 0 Å². The molecular formula is C27H26N2O5. The molecule has 0 radical (unpaired) electrons. The van der Waals surface area contributed by atoms with Gasteiger partial charge in [-0.1, -0.05) is 12.1 Å². The van der Waals surface area contributed by atoms with Crippen molar-refractivity contribution < 1.29 is 23.9 Å². The summed E-state index contributed by atoms with van der Waals surface area (Å²) < 4.78 is 11.1.